The van der Waals surface area contributed by atoms with Crippen LogP contribution in [-0.4, -0.2) is 38.4 Å². The van der Waals surface area contributed by atoms with Gasteiger partial charge in [0.05, 0.1) is 10.8 Å². The van der Waals surface area contributed by atoms with Gasteiger partial charge in [0.15, 0.2) is 11.0 Å². The summed E-state index contributed by atoms with van der Waals surface area (Å²) in [5, 5.41) is 10.4. The fourth-order valence-electron chi connectivity index (χ4n) is 4.06. The van der Waals surface area contributed by atoms with Crippen molar-refractivity contribution in [1.29, 1.82) is 0 Å². The van der Waals surface area contributed by atoms with Crippen LogP contribution >= 0.6 is 23.4 Å². The smallest absolute Gasteiger partial charge is 0.233 e. The Morgan fingerprint density at radius 3 is 2.58 bits per heavy atom. The van der Waals surface area contributed by atoms with E-state index in [0.717, 1.165) is 29.4 Å². The third-order valence-electron chi connectivity index (χ3n) is 5.89. The first kappa shape index (κ1) is 21.9. The zero-order valence-electron chi connectivity index (χ0n) is 17.9. The monoisotopic (exact) mass is 454 g/mol. The van der Waals surface area contributed by atoms with Gasteiger partial charge in [0, 0.05) is 25.2 Å². The lowest BCUT2D eigenvalue weighted by molar-refractivity contribution is -0.127. The molecule has 0 atom stereocenters. The first-order valence-electron chi connectivity index (χ1n) is 10.7. The minimum atomic E-state index is 0.0773. The average molecular weight is 455 g/mol. The Labute approximate surface area is 192 Å². The van der Waals surface area contributed by atoms with Gasteiger partial charge < -0.3 is 4.90 Å². The summed E-state index contributed by atoms with van der Waals surface area (Å²) in [5.41, 5.74) is 3.25. The summed E-state index contributed by atoms with van der Waals surface area (Å²) in [4.78, 5) is 14.6. The predicted molar refractivity (Wildman–Crippen MR) is 126 cm³/mol. The number of halogens is 1. The molecule has 1 heterocycles. The highest BCUT2D eigenvalue weighted by molar-refractivity contribution is 7.99. The van der Waals surface area contributed by atoms with Crippen LogP contribution in [0.1, 0.15) is 42.9 Å². The van der Waals surface area contributed by atoms with Crippen molar-refractivity contribution in [2.45, 2.75) is 50.4 Å². The number of aryl methyl sites for hydroxylation is 1. The maximum absolute atomic E-state index is 12.8. The van der Waals surface area contributed by atoms with Gasteiger partial charge in [0.1, 0.15) is 0 Å². The number of thioether (sulfide) groups is 1. The van der Waals surface area contributed by atoms with Crippen molar-refractivity contribution in [2.75, 3.05) is 12.8 Å². The number of nitrogens with zero attached hydrogens (tertiary/aromatic N) is 4. The van der Waals surface area contributed by atoms with E-state index in [1.54, 1.807) is 4.90 Å². The van der Waals surface area contributed by atoms with Crippen molar-refractivity contribution in [3.8, 4) is 11.4 Å². The zero-order valence-corrected chi connectivity index (χ0v) is 19.5. The average Bonchev–Trinajstić information content (AvgIpc) is 3.43. The van der Waals surface area contributed by atoms with E-state index >= 15 is 0 Å². The molecule has 1 aromatic heterocycles. The summed E-state index contributed by atoms with van der Waals surface area (Å²) in [5.74, 6) is 1.20. The van der Waals surface area contributed by atoms with Crippen molar-refractivity contribution in [3.63, 3.8) is 0 Å². The van der Waals surface area contributed by atoms with E-state index in [1.807, 2.05) is 43.4 Å². The standard InChI is InChI=1S/C24H27ClN4OS/c1-17-9-3-4-10-18(17)15-28(2)22(30)16-31-24-27-26-23(20-13-7-8-14-21(20)25)29(24)19-11-5-6-12-19/h3-4,7-10,13-14,19H,5-6,11-12,15-16H2,1-2H3. The fraction of sp³-hybridized carbons (Fsp3) is 0.375. The molecule has 0 bridgehead atoms. The van der Waals surface area contributed by atoms with Crippen molar-refractivity contribution in [1.82, 2.24) is 19.7 Å². The number of benzene rings is 2. The van der Waals surface area contributed by atoms with Crippen LogP contribution in [0.25, 0.3) is 11.4 Å². The summed E-state index contributed by atoms with van der Waals surface area (Å²) in [6.45, 7) is 2.68. The summed E-state index contributed by atoms with van der Waals surface area (Å²) in [6.07, 6.45) is 4.61. The molecule has 162 valence electrons. The number of hydrogen-bond donors (Lipinski definition) is 0. The highest BCUT2D eigenvalue weighted by Crippen LogP contribution is 2.38. The molecule has 0 N–H and O–H groups in total. The number of carbonyl (C=O) groups excluding carboxylic acids is 1. The Kier molecular flexibility index (Phi) is 6.98. The van der Waals surface area contributed by atoms with Crippen molar-refractivity contribution in [3.05, 3.63) is 64.7 Å². The van der Waals surface area contributed by atoms with Gasteiger partial charge in [0.2, 0.25) is 5.91 Å². The third kappa shape index (κ3) is 4.96. The summed E-state index contributed by atoms with van der Waals surface area (Å²) in [6, 6.07) is 16.3. The number of aromatic nitrogens is 3. The Morgan fingerprint density at radius 1 is 1.13 bits per heavy atom. The van der Waals surface area contributed by atoms with Gasteiger partial charge in [-0.1, -0.05) is 72.6 Å². The minimum absolute atomic E-state index is 0.0773. The van der Waals surface area contributed by atoms with Crippen LogP contribution in [0.15, 0.2) is 53.7 Å². The molecule has 0 saturated heterocycles. The molecule has 0 aliphatic heterocycles. The molecular formula is C24H27ClN4OS. The highest BCUT2D eigenvalue weighted by Gasteiger charge is 2.26. The van der Waals surface area contributed by atoms with E-state index in [-0.39, 0.29) is 5.91 Å². The highest BCUT2D eigenvalue weighted by atomic mass is 35.5. The molecule has 0 radical (unpaired) electrons. The molecule has 0 unspecified atom stereocenters. The van der Waals surface area contributed by atoms with Crippen LogP contribution in [0.3, 0.4) is 0 Å². The van der Waals surface area contributed by atoms with Gasteiger partial charge in [-0.15, -0.1) is 10.2 Å². The lowest BCUT2D eigenvalue weighted by Crippen LogP contribution is -2.28. The predicted octanol–water partition coefficient (Wildman–Crippen LogP) is 5.77. The molecule has 1 amide bonds. The van der Waals surface area contributed by atoms with E-state index in [1.165, 1.54) is 35.7 Å². The van der Waals surface area contributed by atoms with Crippen LogP contribution in [0.2, 0.25) is 5.02 Å². The van der Waals surface area contributed by atoms with E-state index in [2.05, 4.69) is 33.8 Å². The zero-order chi connectivity index (χ0) is 21.8. The molecule has 1 fully saturated rings. The Morgan fingerprint density at radius 2 is 1.84 bits per heavy atom. The van der Waals surface area contributed by atoms with Crippen LogP contribution in [0.4, 0.5) is 0 Å². The van der Waals surface area contributed by atoms with Gasteiger partial charge in [-0.3, -0.25) is 9.36 Å². The lowest BCUT2D eigenvalue weighted by Gasteiger charge is -2.19. The molecule has 0 spiro atoms. The first-order chi connectivity index (χ1) is 15.0. The topological polar surface area (TPSA) is 51.0 Å². The maximum atomic E-state index is 12.8. The second-order valence-corrected chi connectivity index (χ2v) is 9.41. The fourth-order valence-corrected chi connectivity index (χ4v) is 5.23. The Hall–Kier alpha value is -2.31. The van der Waals surface area contributed by atoms with E-state index in [0.29, 0.717) is 23.4 Å². The van der Waals surface area contributed by atoms with Gasteiger partial charge in [0.25, 0.3) is 0 Å². The van der Waals surface area contributed by atoms with Crippen molar-refractivity contribution >= 4 is 29.3 Å². The van der Waals surface area contributed by atoms with Crippen LogP contribution in [-0.2, 0) is 11.3 Å². The lowest BCUT2D eigenvalue weighted by atomic mass is 10.1. The second-order valence-electron chi connectivity index (χ2n) is 8.06. The molecule has 31 heavy (non-hydrogen) atoms. The summed E-state index contributed by atoms with van der Waals surface area (Å²) >= 11 is 7.92. The summed E-state index contributed by atoms with van der Waals surface area (Å²) < 4.78 is 2.20. The number of carbonyl (C=O) groups is 1. The summed E-state index contributed by atoms with van der Waals surface area (Å²) in [7, 11) is 1.85. The molecule has 2 aromatic carbocycles. The van der Waals surface area contributed by atoms with Crippen molar-refractivity contribution in [2.24, 2.45) is 0 Å². The number of hydrogen-bond acceptors (Lipinski definition) is 4. The largest absolute Gasteiger partial charge is 0.341 e. The molecule has 5 nitrogen and oxygen atoms in total. The van der Waals surface area contributed by atoms with E-state index < -0.39 is 0 Å². The molecule has 7 heteroatoms. The van der Waals surface area contributed by atoms with Crippen LogP contribution in [0.5, 0.6) is 0 Å². The van der Waals surface area contributed by atoms with Gasteiger partial charge >= 0.3 is 0 Å². The van der Waals surface area contributed by atoms with E-state index in [4.69, 9.17) is 11.6 Å². The maximum Gasteiger partial charge on any atom is 0.233 e. The van der Waals surface area contributed by atoms with Crippen LogP contribution in [0, 0.1) is 6.92 Å². The minimum Gasteiger partial charge on any atom is -0.341 e. The quantitative estimate of drug-likeness (QED) is 0.425. The van der Waals surface area contributed by atoms with Crippen molar-refractivity contribution < 1.29 is 4.79 Å². The molecule has 1 saturated carbocycles. The molecule has 1 aliphatic carbocycles. The molecule has 1 aliphatic rings. The third-order valence-corrected chi connectivity index (χ3v) is 7.15. The van der Waals surface area contributed by atoms with Gasteiger partial charge in [-0.05, 0) is 43.0 Å². The molecule has 3 aromatic rings. The van der Waals surface area contributed by atoms with E-state index in [9.17, 15) is 4.79 Å². The Bertz CT molecular complexity index is 1060. The second kappa shape index (κ2) is 9.88. The van der Waals surface area contributed by atoms with Gasteiger partial charge in [-0.2, -0.15) is 0 Å². The normalized spacial score (nSPS) is 14.2. The Balaban J connectivity index is 1.51. The molecule has 4 rings (SSSR count). The van der Waals surface area contributed by atoms with Gasteiger partial charge in [-0.25, -0.2) is 0 Å². The number of amides is 1. The van der Waals surface area contributed by atoms with Crippen LogP contribution < -0.4 is 0 Å². The molecular weight excluding hydrogens is 428 g/mol. The SMILES string of the molecule is Cc1ccccc1CN(C)C(=O)CSc1nnc(-c2ccccc2Cl)n1C1CCCC1. The first-order valence-corrected chi connectivity index (χ1v) is 12.0. The number of rotatable bonds is 7.